The van der Waals surface area contributed by atoms with Gasteiger partial charge in [-0.25, -0.2) is 0 Å². The first-order chi connectivity index (χ1) is 8.66. The van der Waals surface area contributed by atoms with Crippen LogP contribution in [0.5, 0.6) is 0 Å². The first-order valence-electron chi connectivity index (χ1n) is 5.50. The van der Waals surface area contributed by atoms with Gasteiger partial charge >= 0.3 is 0 Å². The first-order valence-corrected chi connectivity index (χ1v) is 8.26. The van der Waals surface area contributed by atoms with E-state index in [2.05, 4.69) is 21.2 Å². The summed E-state index contributed by atoms with van der Waals surface area (Å²) in [7, 11) is 0. The Labute approximate surface area is 123 Å². The van der Waals surface area contributed by atoms with Crippen molar-refractivity contribution in [3.63, 3.8) is 0 Å². The van der Waals surface area contributed by atoms with Crippen molar-refractivity contribution in [1.82, 2.24) is 5.32 Å². The summed E-state index contributed by atoms with van der Waals surface area (Å²) in [6, 6.07) is 7.48. The zero-order chi connectivity index (χ0) is 13.0. The van der Waals surface area contributed by atoms with Gasteiger partial charge in [-0.2, -0.15) is 0 Å². The van der Waals surface area contributed by atoms with Crippen molar-refractivity contribution in [1.29, 1.82) is 0 Å². The van der Waals surface area contributed by atoms with Gasteiger partial charge in [0.1, 0.15) is 0 Å². The van der Waals surface area contributed by atoms with Gasteiger partial charge in [0.05, 0.1) is 11.8 Å². The Balaban J connectivity index is 1.82. The zero-order valence-corrected chi connectivity index (χ0v) is 12.7. The predicted octanol–water partition coefficient (Wildman–Crippen LogP) is 2.69. The third-order valence-corrected chi connectivity index (χ3v) is 5.50. The minimum Gasteiger partial charge on any atom is -0.345 e. The first kappa shape index (κ1) is 14.0. The van der Waals surface area contributed by atoms with Crippen LogP contribution in [-0.2, 0) is 9.59 Å². The highest BCUT2D eigenvalue weighted by molar-refractivity contribution is 9.10. The van der Waals surface area contributed by atoms with Crippen molar-refractivity contribution in [3.05, 3.63) is 28.7 Å². The number of hydrogen-bond acceptors (Lipinski definition) is 4. The van der Waals surface area contributed by atoms with Crippen LogP contribution in [0.3, 0.4) is 0 Å². The smallest absolute Gasteiger partial charge is 0.230 e. The minimum absolute atomic E-state index is 0.0780. The lowest BCUT2D eigenvalue weighted by molar-refractivity contribution is -0.122. The molecule has 1 saturated heterocycles. The molecule has 0 aliphatic carbocycles. The lowest BCUT2D eigenvalue weighted by atomic mass is 10.2. The summed E-state index contributed by atoms with van der Waals surface area (Å²) >= 11 is 6.19. The number of carbonyl (C=O) groups is 2. The third-order valence-electron chi connectivity index (χ3n) is 2.47. The molecule has 0 unspecified atom stereocenters. The molecule has 18 heavy (non-hydrogen) atoms. The van der Waals surface area contributed by atoms with Crippen LogP contribution >= 0.6 is 39.5 Å². The van der Waals surface area contributed by atoms with E-state index in [9.17, 15) is 9.59 Å². The van der Waals surface area contributed by atoms with Crippen LogP contribution in [0, 0.1) is 0 Å². The number of benzene rings is 1. The van der Waals surface area contributed by atoms with Crippen LogP contribution in [0.1, 0.15) is 6.42 Å². The lowest BCUT2D eigenvalue weighted by Gasteiger charge is -2.10. The summed E-state index contributed by atoms with van der Waals surface area (Å²) in [4.78, 5) is 24.1. The van der Waals surface area contributed by atoms with E-state index in [0.29, 0.717) is 5.75 Å². The molecule has 0 spiro atoms. The highest BCUT2D eigenvalue weighted by Gasteiger charge is 2.26. The molecule has 1 atom stereocenters. The van der Waals surface area contributed by atoms with Gasteiger partial charge in [-0.05, 0) is 34.5 Å². The van der Waals surface area contributed by atoms with E-state index in [1.54, 1.807) is 0 Å². The van der Waals surface area contributed by atoms with Gasteiger partial charge < -0.3 is 5.32 Å². The molecule has 0 saturated carbocycles. The highest BCUT2D eigenvalue weighted by Crippen LogP contribution is 2.27. The summed E-state index contributed by atoms with van der Waals surface area (Å²) in [6.07, 6.45) is 0.745. The summed E-state index contributed by atoms with van der Waals surface area (Å²) in [5.74, 6) is 1.05. The van der Waals surface area contributed by atoms with Crippen molar-refractivity contribution >= 4 is 50.5 Å². The quantitative estimate of drug-likeness (QED) is 0.852. The second kappa shape index (κ2) is 6.63. The molecule has 1 aromatic carbocycles. The molecule has 2 rings (SSSR count). The fourth-order valence-corrected chi connectivity index (χ4v) is 3.88. The molecule has 0 radical (unpaired) electrons. The second-order valence-electron chi connectivity index (χ2n) is 3.80. The predicted molar refractivity (Wildman–Crippen MR) is 78.9 cm³/mol. The molecule has 6 heteroatoms. The Kier molecular flexibility index (Phi) is 5.14. The molecule has 1 aromatic rings. The fraction of sp³-hybridized carbons (Fsp3) is 0.333. The number of amides is 1. The van der Waals surface area contributed by atoms with Crippen molar-refractivity contribution < 1.29 is 9.59 Å². The van der Waals surface area contributed by atoms with Crippen molar-refractivity contribution in [2.75, 3.05) is 11.5 Å². The number of rotatable bonds is 4. The van der Waals surface area contributed by atoms with Crippen LogP contribution in [0.25, 0.3) is 0 Å². The molecule has 0 aromatic heterocycles. The third kappa shape index (κ3) is 3.76. The van der Waals surface area contributed by atoms with Crippen LogP contribution in [0.2, 0.25) is 0 Å². The Bertz CT molecular complexity index is 467. The molecule has 1 fully saturated rings. The highest BCUT2D eigenvalue weighted by atomic mass is 79.9. The number of halogens is 1. The maximum atomic E-state index is 11.7. The molecular weight excluding hydrogens is 334 g/mol. The van der Waals surface area contributed by atoms with E-state index in [0.717, 1.165) is 21.5 Å². The van der Waals surface area contributed by atoms with E-state index in [1.807, 2.05) is 24.3 Å². The SMILES string of the molecule is O=C(CSc1ccccc1Br)N[C@@H]1CCSC1=O. The Hall–Kier alpha value is -0.460. The second-order valence-corrected chi connectivity index (χ2v) is 6.77. The van der Waals surface area contributed by atoms with Gasteiger partial charge in [0.2, 0.25) is 11.0 Å². The van der Waals surface area contributed by atoms with Gasteiger partial charge in [0.25, 0.3) is 0 Å². The minimum atomic E-state index is -0.290. The normalized spacial score (nSPS) is 18.9. The molecule has 1 N–H and O–H groups in total. The van der Waals surface area contributed by atoms with Crippen LogP contribution < -0.4 is 5.32 Å². The maximum absolute atomic E-state index is 11.7. The molecule has 1 aliphatic rings. The summed E-state index contributed by atoms with van der Waals surface area (Å²) in [5.41, 5.74) is 0. The van der Waals surface area contributed by atoms with E-state index in [1.165, 1.54) is 23.5 Å². The molecular formula is C12H12BrNO2S2. The molecule has 1 heterocycles. The standard InChI is InChI=1S/C12H12BrNO2S2/c13-8-3-1-2-4-10(8)18-7-11(15)14-9-5-6-17-12(9)16/h1-4,9H,5-7H2,(H,14,15)/t9-/m1/s1. The zero-order valence-electron chi connectivity index (χ0n) is 9.52. The van der Waals surface area contributed by atoms with Gasteiger partial charge in [-0.1, -0.05) is 23.9 Å². The van der Waals surface area contributed by atoms with E-state index >= 15 is 0 Å². The Morgan fingerprint density at radius 2 is 2.28 bits per heavy atom. The van der Waals surface area contributed by atoms with Gasteiger partial charge in [0.15, 0.2) is 0 Å². The number of hydrogen-bond donors (Lipinski definition) is 1. The van der Waals surface area contributed by atoms with Crippen LogP contribution in [-0.4, -0.2) is 28.6 Å². The van der Waals surface area contributed by atoms with Crippen LogP contribution in [0.4, 0.5) is 0 Å². The van der Waals surface area contributed by atoms with Crippen LogP contribution in [0.15, 0.2) is 33.6 Å². The summed E-state index contributed by atoms with van der Waals surface area (Å²) in [6.45, 7) is 0. The molecule has 0 bridgehead atoms. The summed E-state index contributed by atoms with van der Waals surface area (Å²) < 4.78 is 0.982. The van der Waals surface area contributed by atoms with Gasteiger partial charge in [-0.3, -0.25) is 9.59 Å². The maximum Gasteiger partial charge on any atom is 0.230 e. The van der Waals surface area contributed by atoms with Gasteiger partial charge in [0, 0.05) is 15.1 Å². The topological polar surface area (TPSA) is 46.2 Å². The lowest BCUT2D eigenvalue weighted by Crippen LogP contribution is -2.38. The molecule has 1 aliphatic heterocycles. The van der Waals surface area contributed by atoms with E-state index in [-0.39, 0.29) is 17.1 Å². The van der Waals surface area contributed by atoms with Crippen molar-refractivity contribution in [2.45, 2.75) is 17.4 Å². The summed E-state index contributed by atoms with van der Waals surface area (Å²) in [5, 5.41) is 2.85. The average Bonchev–Trinajstić information content (AvgIpc) is 2.74. The Morgan fingerprint density at radius 3 is 2.94 bits per heavy atom. The van der Waals surface area contributed by atoms with Gasteiger partial charge in [-0.15, -0.1) is 11.8 Å². The molecule has 1 amide bonds. The van der Waals surface area contributed by atoms with E-state index < -0.39 is 0 Å². The number of carbonyl (C=O) groups excluding carboxylic acids is 2. The molecule has 3 nitrogen and oxygen atoms in total. The molecule has 96 valence electrons. The largest absolute Gasteiger partial charge is 0.345 e. The van der Waals surface area contributed by atoms with Crippen molar-refractivity contribution in [2.24, 2.45) is 0 Å². The Morgan fingerprint density at radius 1 is 1.50 bits per heavy atom. The number of nitrogens with one attached hydrogen (secondary N) is 1. The fourth-order valence-electron chi connectivity index (χ4n) is 1.57. The van der Waals surface area contributed by atoms with Crippen molar-refractivity contribution in [3.8, 4) is 0 Å². The van der Waals surface area contributed by atoms with E-state index in [4.69, 9.17) is 0 Å². The monoisotopic (exact) mass is 345 g/mol. The average molecular weight is 346 g/mol. The number of thioether (sulfide) groups is 2.